The van der Waals surface area contributed by atoms with Gasteiger partial charge in [-0.3, -0.25) is 13.9 Å². The minimum atomic E-state index is -0.0543. The first-order chi connectivity index (χ1) is 13.6. The summed E-state index contributed by atoms with van der Waals surface area (Å²) < 4.78 is 3.60. The van der Waals surface area contributed by atoms with Crippen molar-refractivity contribution >= 4 is 17.1 Å². The second-order valence-electron chi connectivity index (χ2n) is 7.81. The van der Waals surface area contributed by atoms with E-state index in [1.54, 1.807) is 15.3 Å². The topological polar surface area (TPSA) is 60.1 Å². The van der Waals surface area contributed by atoms with Gasteiger partial charge in [0.25, 0.3) is 0 Å². The Morgan fingerprint density at radius 3 is 2.71 bits per heavy atom. The molecule has 0 N–H and O–H groups in total. The maximum Gasteiger partial charge on any atom is 0.330 e. The van der Waals surface area contributed by atoms with Gasteiger partial charge in [-0.1, -0.05) is 44.2 Å². The summed E-state index contributed by atoms with van der Waals surface area (Å²) in [5.74, 6) is 0.117. The minimum Gasteiger partial charge on any atom is -0.340 e. The number of amides is 1. The van der Waals surface area contributed by atoms with Crippen molar-refractivity contribution in [2.45, 2.75) is 39.3 Å². The highest BCUT2D eigenvalue weighted by Gasteiger charge is 2.29. The van der Waals surface area contributed by atoms with Gasteiger partial charge in [-0.05, 0) is 30.5 Å². The number of hydrogen-bond acceptors (Lipinski definition) is 3. The monoisotopic (exact) mass is 378 g/mol. The second-order valence-corrected chi connectivity index (χ2v) is 7.81. The third kappa shape index (κ3) is 3.35. The molecule has 1 fully saturated rings. The molecule has 146 valence electrons. The molecule has 3 heterocycles. The van der Waals surface area contributed by atoms with Crippen LogP contribution in [0.25, 0.3) is 11.2 Å². The summed E-state index contributed by atoms with van der Waals surface area (Å²) in [5.41, 5.74) is 2.56. The Bertz CT molecular complexity index is 1040. The van der Waals surface area contributed by atoms with Crippen molar-refractivity contribution in [3.63, 3.8) is 0 Å². The Hall–Kier alpha value is -2.89. The maximum absolute atomic E-state index is 13.4. The fourth-order valence-electron chi connectivity index (χ4n) is 4.09. The van der Waals surface area contributed by atoms with Crippen molar-refractivity contribution in [3.05, 3.63) is 64.7 Å². The summed E-state index contributed by atoms with van der Waals surface area (Å²) >= 11 is 0. The van der Waals surface area contributed by atoms with Crippen molar-refractivity contribution in [1.82, 2.24) is 19.0 Å². The van der Waals surface area contributed by atoms with Crippen LogP contribution in [0, 0.1) is 5.92 Å². The first kappa shape index (κ1) is 18.5. The largest absolute Gasteiger partial charge is 0.340 e. The number of nitrogens with zero attached hydrogens (tertiary/aromatic N) is 4. The molecule has 2 aromatic heterocycles. The van der Waals surface area contributed by atoms with Crippen LogP contribution in [0.2, 0.25) is 0 Å². The minimum absolute atomic E-state index is 0.0342. The molecule has 1 aliphatic heterocycles. The lowest BCUT2D eigenvalue weighted by Crippen LogP contribution is -2.44. The Kier molecular flexibility index (Phi) is 5.03. The Balaban J connectivity index is 1.74. The predicted molar refractivity (Wildman–Crippen MR) is 109 cm³/mol. The highest BCUT2D eigenvalue weighted by molar-refractivity contribution is 5.78. The van der Waals surface area contributed by atoms with E-state index in [0.717, 1.165) is 30.5 Å². The lowest BCUT2D eigenvalue weighted by molar-refractivity contribution is -0.136. The van der Waals surface area contributed by atoms with Crippen molar-refractivity contribution in [1.29, 1.82) is 0 Å². The van der Waals surface area contributed by atoms with Gasteiger partial charge >= 0.3 is 5.69 Å². The molecule has 1 aromatic carbocycles. The van der Waals surface area contributed by atoms with E-state index in [1.807, 2.05) is 61.2 Å². The van der Waals surface area contributed by atoms with Crippen LogP contribution in [-0.4, -0.2) is 38.0 Å². The van der Waals surface area contributed by atoms with E-state index in [0.29, 0.717) is 18.7 Å². The van der Waals surface area contributed by atoms with Gasteiger partial charge in [-0.25, -0.2) is 9.78 Å². The third-order valence-corrected chi connectivity index (χ3v) is 5.47. The smallest absolute Gasteiger partial charge is 0.330 e. The SMILES string of the molecule is CC(C)C(=O)N1CCC[C@H](n2c(=O)n(Cc3ccccc3)c3cccnc32)C1. The number of hydrogen-bond donors (Lipinski definition) is 0. The highest BCUT2D eigenvalue weighted by Crippen LogP contribution is 2.25. The van der Waals surface area contributed by atoms with Crippen molar-refractivity contribution in [2.24, 2.45) is 5.92 Å². The molecule has 4 rings (SSSR count). The number of aromatic nitrogens is 3. The summed E-state index contributed by atoms with van der Waals surface area (Å²) in [7, 11) is 0. The van der Waals surface area contributed by atoms with E-state index in [1.165, 1.54) is 0 Å². The predicted octanol–water partition coefficient (Wildman–Crippen LogP) is 3.07. The molecule has 1 atom stereocenters. The molecule has 1 aliphatic rings. The number of carbonyl (C=O) groups excluding carboxylic acids is 1. The fourth-order valence-corrected chi connectivity index (χ4v) is 4.09. The molecule has 0 aliphatic carbocycles. The maximum atomic E-state index is 13.4. The lowest BCUT2D eigenvalue weighted by atomic mass is 10.0. The first-order valence-corrected chi connectivity index (χ1v) is 9.94. The Labute approximate surface area is 164 Å². The summed E-state index contributed by atoms with van der Waals surface area (Å²) in [6.07, 6.45) is 3.50. The van der Waals surface area contributed by atoms with Crippen LogP contribution in [0.1, 0.15) is 38.3 Å². The van der Waals surface area contributed by atoms with E-state index < -0.39 is 0 Å². The molecule has 0 unspecified atom stereocenters. The zero-order chi connectivity index (χ0) is 19.7. The molecule has 0 spiro atoms. The van der Waals surface area contributed by atoms with Crippen LogP contribution < -0.4 is 5.69 Å². The first-order valence-electron chi connectivity index (χ1n) is 9.94. The average Bonchev–Trinajstić information content (AvgIpc) is 3.00. The number of rotatable bonds is 4. The van der Waals surface area contributed by atoms with Crippen LogP contribution in [0.15, 0.2) is 53.5 Å². The van der Waals surface area contributed by atoms with Gasteiger partial charge in [0.15, 0.2) is 5.65 Å². The molecule has 28 heavy (non-hydrogen) atoms. The van der Waals surface area contributed by atoms with E-state index in [2.05, 4.69) is 4.98 Å². The molecule has 0 saturated carbocycles. The molecule has 0 bridgehead atoms. The standard InChI is InChI=1S/C22H26N4O2/c1-16(2)21(27)24-13-7-10-18(15-24)26-20-19(11-6-12-23-20)25(22(26)28)14-17-8-4-3-5-9-17/h3-6,8-9,11-12,16,18H,7,10,13-15H2,1-2H3/t18-/m0/s1. The Morgan fingerprint density at radius 2 is 1.96 bits per heavy atom. The van der Waals surface area contributed by atoms with Gasteiger partial charge in [0.05, 0.1) is 18.1 Å². The van der Waals surface area contributed by atoms with Crippen LogP contribution >= 0.6 is 0 Å². The van der Waals surface area contributed by atoms with Crippen molar-refractivity contribution < 1.29 is 4.79 Å². The third-order valence-electron chi connectivity index (χ3n) is 5.47. The molecule has 0 radical (unpaired) electrons. The van der Waals surface area contributed by atoms with E-state index in [4.69, 9.17) is 0 Å². The van der Waals surface area contributed by atoms with Gasteiger partial charge in [0.1, 0.15) is 0 Å². The zero-order valence-corrected chi connectivity index (χ0v) is 16.4. The van der Waals surface area contributed by atoms with Gasteiger partial charge in [0.2, 0.25) is 5.91 Å². The molecular formula is C22H26N4O2. The molecular weight excluding hydrogens is 352 g/mol. The van der Waals surface area contributed by atoms with Gasteiger partial charge in [0, 0.05) is 25.2 Å². The number of carbonyl (C=O) groups is 1. The van der Waals surface area contributed by atoms with E-state index in [-0.39, 0.29) is 23.6 Å². The summed E-state index contributed by atoms with van der Waals surface area (Å²) in [6, 6.07) is 13.7. The summed E-state index contributed by atoms with van der Waals surface area (Å²) in [5, 5.41) is 0. The van der Waals surface area contributed by atoms with Crippen LogP contribution in [0.3, 0.4) is 0 Å². The van der Waals surface area contributed by atoms with Gasteiger partial charge in [-0.2, -0.15) is 0 Å². The molecule has 6 heteroatoms. The number of imidazole rings is 1. The highest BCUT2D eigenvalue weighted by atomic mass is 16.2. The van der Waals surface area contributed by atoms with Gasteiger partial charge in [-0.15, -0.1) is 0 Å². The normalized spacial score (nSPS) is 17.4. The van der Waals surface area contributed by atoms with Crippen molar-refractivity contribution in [3.8, 4) is 0 Å². The van der Waals surface area contributed by atoms with Crippen molar-refractivity contribution in [2.75, 3.05) is 13.1 Å². The van der Waals surface area contributed by atoms with Gasteiger partial charge < -0.3 is 4.90 Å². The van der Waals surface area contributed by atoms with E-state index >= 15 is 0 Å². The second kappa shape index (κ2) is 7.62. The lowest BCUT2D eigenvalue weighted by Gasteiger charge is -2.34. The molecule has 1 saturated heterocycles. The number of benzene rings is 1. The summed E-state index contributed by atoms with van der Waals surface area (Å²) in [6.45, 7) is 5.68. The van der Waals surface area contributed by atoms with Crippen LogP contribution in [0.4, 0.5) is 0 Å². The number of piperidine rings is 1. The van der Waals surface area contributed by atoms with Crippen LogP contribution in [-0.2, 0) is 11.3 Å². The average molecular weight is 378 g/mol. The fraction of sp³-hybridized carbons (Fsp3) is 0.409. The molecule has 1 amide bonds. The van der Waals surface area contributed by atoms with E-state index in [9.17, 15) is 9.59 Å². The Morgan fingerprint density at radius 1 is 1.18 bits per heavy atom. The quantitative estimate of drug-likeness (QED) is 0.701. The summed E-state index contributed by atoms with van der Waals surface area (Å²) in [4.78, 5) is 32.3. The molecule has 6 nitrogen and oxygen atoms in total. The number of likely N-dealkylation sites (tertiary alicyclic amines) is 1. The zero-order valence-electron chi connectivity index (χ0n) is 16.4. The van der Waals surface area contributed by atoms with Crippen LogP contribution in [0.5, 0.6) is 0 Å². The number of pyridine rings is 1. The number of fused-ring (bicyclic) bond motifs is 1. The molecule has 3 aromatic rings.